The first-order valence-corrected chi connectivity index (χ1v) is 9.10. The van der Waals surface area contributed by atoms with Crippen molar-refractivity contribution in [2.75, 3.05) is 0 Å². The largest absolute Gasteiger partial charge is 0.366 e. The molecule has 122 valence electrons. The van der Waals surface area contributed by atoms with E-state index in [1.807, 2.05) is 18.4 Å². The summed E-state index contributed by atoms with van der Waals surface area (Å²) in [6, 6.07) is 13.0. The van der Waals surface area contributed by atoms with Gasteiger partial charge in [0, 0.05) is 21.8 Å². The summed E-state index contributed by atoms with van der Waals surface area (Å²) in [5, 5.41) is 2.04. The topological polar surface area (TPSA) is 48.0 Å². The van der Waals surface area contributed by atoms with E-state index in [9.17, 15) is 4.79 Å². The van der Waals surface area contributed by atoms with Crippen LogP contribution in [0.1, 0.15) is 45.3 Å². The summed E-state index contributed by atoms with van der Waals surface area (Å²) in [5.41, 5.74) is 12.3. The lowest BCUT2D eigenvalue weighted by atomic mass is 10.1. The predicted octanol–water partition coefficient (Wildman–Crippen LogP) is 4.47. The van der Waals surface area contributed by atoms with Crippen LogP contribution in [0.25, 0.3) is 10.4 Å². The maximum Gasteiger partial charge on any atom is 0.251 e. The third-order valence-corrected chi connectivity index (χ3v) is 6.01. The van der Waals surface area contributed by atoms with Crippen LogP contribution in [0.4, 0.5) is 0 Å². The molecule has 0 bridgehead atoms. The zero-order valence-electron chi connectivity index (χ0n) is 13.9. The van der Waals surface area contributed by atoms with E-state index in [0.717, 1.165) is 34.7 Å². The number of hydrogen-bond donors (Lipinski definition) is 1. The molecule has 0 spiro atoms. The zero-order valence-corrected chi connectivity index (χ0v) is 14.7. The van der Waals surface area contributed by atoms with Crippen LogP contribution in [0.3, 0.4) is 0 Å². The van der Waals surface area contributed by atoms with Gasteiger partial charge in [0.2, 0.25) is 0 Å². The Balaban J connectivity index is 1.95. The van der Waals surface area contributed by atoms with Gasteiger partial charge in [-0.25, -0.2) is 0 Å². The molecule has 0 fully saturated rings. The molecule has 2 N–H and O–H groups in total. The van der Waals surface area contributed by atoms with Crippen LogP contribution in [-0.4, -0.2) is 10.5 Å². The Bertz CT molecular complexity index is 922. The lowest BCUT2D eigenvalue weighted by Gasteiger charge is -2.19. The fraction of sp³-hybridized carbons (Fsp3) is 0.250. The van der Waals surface area contributed by atoms with E-state index in [-0.39, 0.29) is 11.9 Å². The van der Waals surface area contributed by atoms with E-state index in [2.05, 4.69) is 41.8 Å². The molecule has 1 aliphatic carbocycles. The van der Waals surface area contributed by atoms with Crippen LogP contribution in [0, 0.1) is 13.8 Å². The minimum atomic E-state index is -0.343. The van der Waals surface area contributed by atoms with Crippen molar-refractivity contribution in [1.82, 2.24) is 4.57 Å². The fourth-order valence-electron chi connectivity index (χ4n) is 4.15. The number of aryl methyl sites for hydroxylation is 1. The van der Waals surface area contributed by atoms with Gasteiger partial charge in [0.15, 0.2) is 0 Å². The van der Waals surface area contributed by atoms with E-state index < -0.39 is 0 Å². The number of carbonyl (C=O) groups excluding carboxylic acids is 1. The smallest absolute Gasteiger partial charge is 0.251 e. The maximum atomic E-state index is 12.2. The number of hydrogen-bond acceptors (Lipinski definition) is 2. The summed E-state index contributed by atoms with van der Waals surface area (Å²) in [4.78, 5) is 13.3. The van der Waals surface area contributed by atoms with Crippen LogP contribution in [0.15, 0.2) is 41.8 Å². The highest BCUT2D eigenvalue weighted by Gasteiger charge is 2.30. The van der Waals surface area contributed by atoms with Crippen molar-refractivity contribution < 1.29 is 4.79 Å². The van der Waals surface area contributed by atoms with Crippen molar-refractivity contribution in [3.8, 4) is 10.4 Å². The predicted molar refractivity (Wildman–Crippen MR) is 98.6 cm³/mol. The monoisotopic (exact) mass is 336 g/mol. The van der Waals surface area contributed by atoms with Gasteiger partial charge in [0.25, 0.3) is 5.91 Å². The van der Waals surface area contributed by atoms with E-state index in [0.29, 0.717) is 5.56 Å². The number of carbonyl (C=O) groups is 1. The second kappa shape index (κ2) is 5.64. The zero-order chi connectivity index (χ0) is 16.8. The first-order chi connectivity index (χ1) is 11.6. The summed E-state index contributed by atoms with van der Waals surface area (Å²) >= 11 is 1.65. The first kappa shape index (κ1) is 15.2. The molecule has 0 aliphatic heterocycles. The van der Waals surface area contributed by atoms with Gasteiger partial charge in [-0.15, -0.1) is 11.3 Å². The molecule has 3 aromatic rings. The van der Waals surface area contributed by atoms with E-state index >= 15 is 0 Å². The lowest BCUT2D eigenvalue weighted by Crippen LogP contribution is -2.15. The Morgan fingerprint density at radius 1 is 1.17 bits per heavy atom. The summed E-state index contributed by atoms with van der Waals surface area (Å²) < 4.78 is 2.32. The van der Waals surface area contributed by atoms with Gasteiger partial charge in [-0.3, -0.25) is 4.79 Å². The Hall–Kier alpha value is -2.33. The molecule has 0 saturated heterocycles. The Morgan fingerprint density at radius 3 is 2.67 bits per heavy atom. The lowest BCUT2D eigenvalue weighted by molar-refractivity contribution is 0.1000. The molecular weight excluding hydrogens is 316 g/mol. The van der Waals surface area contributed by atoms with Crippen molar-refractivity contribution in [1.29, 1.82) is 0 Å². The van der Waals surface area contributed by atoms with Crippen LogP contribution < -0.4 is 5.73 Å². The second-order valence-corrected chi connectivity index (χ2v) is 7.33. The summed E-state index contributed by atoms with van der Waals surface area (Å²) in [6.45, 7) is 4.13. The molecule has 4 rings (SSSR count). The molecule has 4 heteroatoms. The van der Waals surface area contributed by atoms with Crippen molar-refractivity contribution in [3.05, 3.63) is 69.9 Å². The molecule has 0 radical (unpaired) electrons. The van der Waals surface area contributed by atoms with Gasteiger partial charge in [0.1, 0.15) is 0 Å². The quantitative estimate of drug-likeness (QED) is 0.754. The molecule has 0 saturated carbocycles. The number of amides is 1. The number of thiophene rings is 1. The number of fused-ring (bicyclic) bond motifs is 1. The van der Waals surface area contributed by atoms with Gasteiger partial charge in [-0.2, -0.15) is 0 Å². The average Bonchev–Trinajstić information content (AvgIpc) is 3.26. The molecule has 3 nitrogen and oxygen atoms in total. The van der Waals surface area contributed by atoms with Gasteiger partial charge in [-0.05, 0) is 49.3 Å². The molecule has 2 heterocycles. The first-order valence-electron chi connectivity index (χ1n) is 8.22. The van der Waals surface area contributed by atoms with E-state index in [4.69, 9.17) is 5.73 Å². The SMILES string of the molecule is Cc1c(C(N)=O)c(-c2cccs2)c(C)n1C1CCc2ccccc21. The van der Waals surface area contributed by atoms with Crippen LogP contribution >= 0.6 is 11.3 Å². The molecule has 1 aliphatic rings. The number of nitrogens with two attached hydrogens (primary N) is 1. The molecule has 1 unspecified atom stereocenters. The number of nitrogens with zero attached hydrogens (tertiary/aromatic N) is 1. The van der Waals surface area contributed by atoms with Gasteiger partial charge < -0.3 is 10.3 Å². The van der Waals surface area contributed by atoms with Crippen LogP contribution in [-0.2, 0) is 6.42 Å². The van der Waals surface area contributed by atoms with Crippen molar-refractivity contribution in [2.45, 2.75) is 32.7 Å². The second-order valence-electron chi connectivity index (χ2n) is 6.39. The number of benzene rings is 1. The van der Waals surface area contributed by atoms with E-state index in [1.165, 1.54) is 11.1 Å². The number of aromatic nitrogens is 1. The third kappa shape index (κ3) is 2.13. The van der Waals surface area contributed by atoms with Crippen LogP contribution in [0.2, 0.25) is 0 Å². The fourth-order valence-corrected chi connectivity index (χ4v) is 4.98. The molecule has 1 aromatic carbocycles. The highest BCUT2D eigenvalue weighted by atomic mass is 32.1. The standard InChI is InChI=1S/C20H20N2OS/c1-12-18(17-8-5-11-24-17)19(20(21)23)13(2)22(12)16-10-9-14-6-3-4-7-15(14)16/h3-8,11,16H,9-10H2,1-2H3,(H2,21,23). The van der Waals surface area contributed by atoms with Crippen LogP contribution in [0.5, 0.6) is 0 Å². The average molecular weight is 336 g/mol. The molecule has 2 aromatic heterocycles. The Kier molecular flexibility index (Phi) is 3.57. The maximum absolute atomic E-state index is 12.2. The van der Waals surface area contributed by atoms with Gasteiger partial charge >= 0.3 is 0 Å². The normalized spacial score (nSPS) is 16.3. The number of rotatable bonds is 3. The minimum absolute atomic E-state index is 0.285. The summed E-state index contributed by atoms with van der Waals surface area (Å²) in [5.74, 6) is -0.343. The molecule has 24 heavy (non-hydrogen) atoms. The third-order valence-electron chi connectivity index (χ3n) is 5.12. The van der Waals surface area contributed by atoms with Gasteiger partial charge in [-0.1, -0.05) is 30.3 Å². The van der Waals surface area contributed by atoms with Crippen molar-refractivity contribution in [3.63, 3.8) is 0 Å². The van der Waals surface area contributed by atoms with Gasteiger partial charge in [0.05, 0.1) is 11.6 Å². The molecule has 1 amide bonds. The molecular formula is C20H20N2OS. The molecule has 1 atom stereocenters. The highest BCUT2D eigenvalue weighted by molar-refractivity contribution is 7.13. The Labute approximate surface area is 145 Å². The van der Waals surface area contributed by atoms with Crippen molar-refractivity contribution >= 4 is 17.2 Å². The van der Waals surface area contributed by atoms with E-state index in [1.54, 1.807) is 11.3 Å². The van der Waals surface area contributed by atoms with Crippen molar-refractivity contribution in [2.24, 2.45) is 5.73 Å². The summed E-state index contributed by atoms with van der Waals surface area (Å²) in [7, 11) is 0. The summed E-state index contributed by atoms with van der Waals surface area (Å²) in [6.07, 6.45) is 2.15. The highest BCUT2D eigenvalue weighted by Crippen LogP contribution is 2.41. The number of primary amides is 1. The minimum Gasteiger partial charge on any atom is -0.366 e. The Morgan fingerprint density at radius 2 is 1.96 bits per heavy atom.